The van der Waals surface area contributed by atoms with E-state index in [1.807, 2.05) is 24.3 Å². The highest BCUT2D eigenvalue weighted by Gasteiger charge is 2.16. The summed E-state index contributed by atoms with van der Waals surface area (Å²) in [6.45, 7) is 0. The zero-order chi connectivity index (χ0) is 22.8. The molecular formula is C23H16BrN5O2S2. The van der Waals surface area contributed by atoms with E-state index >= 15 is 0 Å². The molecule has 0 radical (unpaired) electrons. The van der Waals surface area contributed by atoms with Crippen LogP contribution in [-0.2, 0) is 10.0 Å². The van der Waals surface area contributed by atoms with Gasteiger partial charge in [0.15, 0.2) is 0 Å². The Morgan fingerprint density at radius 2 is 1.67 bits per heavy atom. The van der Waals surface area contributed by atoms with E-state index in [0.29, 0.717) is 11.5 Å². The minimum Gasteiger partial charge on any atom is -0.340 e. The molecule has 0 saturated heterocycles. The van der Waals surface area contributed by atoms with Crippen LogP contribution in [0.25, 0.3) is 21.3 Å². The van der Waals surface area contributed by atoms with Crippen molar-refractivity contribution in [3.8, 4) is 11.1 Å². The van der Waals surface area contributed by atoms with Gasteiger partial charge in [-0.3, -0.25) is 4.72 Å². The lowest BCUT2D eigenvalue weighted by Crippen LogP contribution is -2.13. The maximum Gasteiger partial charge on any atom is 0.263 e. The molecule has 164 valence electrons. The molecule has 0 amide bonds. The van der Waals surface area contributed by atoms with Crippen molar-refractivity contribution in [3.63, 3.8) is 0 Å². The topological polar surface area (TPSA) is 96.9 Å². The van der Waals surface area contributed by atoms with Crippen LogP contribution in [0.1, 0.15) is 0 Å². The lowest BCUT2D eigenvalue weighted by Gasteiger charge is -2.10. The Kier molecular flexibility index (Phi) is 5.79. The van der Waals surface area contributed by atoms with Crippen LogP contribution >= 0.6 is 27.3 Å². The smallest absolute Gasteiger partial charge is 0.263 e. The fourth-order valence-corrected chi connectivity index (χ4v) is 5.47. The number of hydrogen-bond donors (Lipinski definition) is 2. The number of rotatable bonds is 6. The largest absolute Gasteiger partial charge is 0.340 e. The van der Waals surface area contributed by atoms with Gasteiger partial charge < -0.3 is 5.32 Å². The Balaban J connectivity index is 1.43. The van der Waals surface area contributed by atoms with Crippen LogP contribution < -0.4 is 10.0 Å². The zero-order valence-electron chi connectivity index (χ0n) is 16.9. The first-order chi connectivity index (χ1) is 16.0. The number of nitrogens with zero attached hydrogens (tertiary/aromatic N) is 3. The summed E-state index contributed by atoms with van der Waals surface area (Å²) in [4.78, 5) is 13.8. The van der Waals surface area contributed by atoms with Gasteiger partial charge in [0.05, 0.1) is 10.3 Å². The Morgan fingerprint density at radius 1 is 0.879 bits per heavy atom. The standard InChI is InChI=1S/C23H16BrN5O2S2/c24-16-6-4-15(5-7-16)19-13-32-23-21(19)22(26-14-27-23)28-17-8-10-18(11-9-17)33(30,31)29-20-3-1-2-12-25-20/h1-14H,(H,25,29)(H,26,27,28). The Hall–Kier alpha value is -3.34. The van der Waals surface area contributed by atoms with Crippen molar-refractivity contribution in [1.82, 2.24) is 15.0 Å². The quantitative estimate of drug-likeness (QED) is 0.273. The van der Waals surface area contributed by atoms with Gasteiger partial charge >= 0.3 is 0 Å². The van der Waals surface area contributed by atoms with Crippen molar-refractivity contribution >= 4 is 64.8 Å². The molecule has 0 aliphatic carbocycles. The maximum absolute atomic E-state index is 12.6. The number of aromatic nitrogens is 3. The van der Waals surface area contributed by atoms with Crippen molar-refractivity contribution < 1.29 is 8.42 Å². The third-order valence-electron chi connectivity index (χ3n) is 4.86. The summed E-state index contributed by atoms with van der Waals surface area (Å²) in [7, 11) is -3.74. The van der Waals surface area contributed by atoms with E-state index < -0.39 is 10.0 Å². The van der Waals surface area contributed by atoms with Crippen LogP contribution in [0.4, 0.5) is 17.3 Å². The third kappa shape index (κ3) is 4.58. The number of hydrogen-bond acceptors (Lipinski definition) is 7. The van der Waals surface area contributed by atoms with E-state index in [1.165, 1.54) is 24.7 Å². The monoisotopic (exact) mass is 537 g/mol. The number of sulfonamides is 1. The van der Waals surface area contributed by atoms with Gasteiger partial charge in [0.25, 0.3) is 10.0 Å². The highest BCUT2D eigenvalue weighted by atomic mass is 79.9. The molecule has 2 aromatic carbocycles. The lowest BCUT2D eigenvalue weighted by atomic mass is 10.1. The van der Waals surface area contributed by atoms with Crippen LogP contribution in [0.5, 0.6) is 0 Å². The third-order valence-corrected chi connectivity index (χ3v) is 7.64. The molecule has 0 saturated carbocycles. The molecule has 0 aliphatic heterocycles. The molecule has 0 fully saturated rings. The van der Waals surface area contributed by atoms with Crippen LogP contribution in [0, 0.1) is 0 Å². The van der Waals surface area contributed by atoms with Gasteiger partial charge in [0.2, 0.25) is 0 Å². The van der Waals surface area contributed by atoms with E-state index in [0.717, 1.165) is 25.8 Å². The summed E-state index contributed by atoms with van der Waals surface area (Å²) < 4.78 is 28.8. The van der Waals surface area contributed by atoms with Crippen LogP contribution in [0.15, 0.2) is 94.0 Å². The summed E-state index contributed by atoms with van der Waals surface area (Å²) in [6, 6.07) is 19.6. The number of thiophene rings is 1. The van der Waals surface area contributed by atoms with Crippen molar-refractivity contribution in [1.29, 1.82) is 0 Å². The van der Waals surface area contributed by atoms with Gasteiger partial charge in [-0.25, -0.2) is 23.4 Å². The summed E-state index contributed by atoms with van der Waals surface area (Å²) in [5.41, 5.74) is 2.80. The molecule has 0 atom stereocenters. The lowest BCUT2D eigenvalue weighted by molar-refractivity contribution is 0.601. The number of pyridine rings is 1. The highest BCUT2D eigenvalue weighted by molar-refractivity contribution is 9.10. The minimum absolute atomic E-state index is 0.137. The first kappa shape index (κ1) is 21.5. The van der Waals surface area contributed by atoms with E-state index in [-0.39, 0.29) is 10.7 Å². The normalized spacial score (nSPS) is 11.4. The first-order valence-electron chi connectivity index (χ1n) is 9.79. The second-order valence-corrected chi connectivity index (χ2v) is 10.5. The summed E-state index contributed by atoms with van der Waals surface area (Å²) in [5.74, 6) is 0.919. The number of fused-ring (bicyclic) bond motifs is 1. The number of halogens is 1. The average molecular weight is 538 g/mol. The molecule has 0 spiro atoms. The summed E-state index contributed by atoms with van der Waals surface area (Å²) in [5, 5.41) is 6.28. The van der Waals surface area contributed by atoms with Crippen molar-refractivity contribution in [2.45, 2.75) is 4.90 Å². The molecule has 3 heterocycles. The number of anilines is 3. The minimum atomic E-state index is -3.74. The predicted octanol–water partition coefficient (Wildman–Crippen LogP) is 6.06. The van der Waals surface area contributed by atoms with Crippen LogP contribution in [0.3, 0.4) is 0 Å². The Labute approximate surface area is 202 Å². The molecule has 3 aromatic heterocycles. The van der Waals surface area contributed by atoms with Crippen LogP contribution in [0.2, 0.25) is 0 Å². The van der Waals surface area contributed by atoms with Gasteiger partial charge in [0.1, 0.15) is 22.8 Å². The Bertz CT molecular complexity index is 1520. The molecule has 0 unspecified atom stereocenters. The molecule has 7 nitrogen and oxygen atoms in total. The fraction of sp³-hybridized carbons (Fsp3) is 0. The molecule has 5 aromatic rings. The van der Waals surface area contributed by atoms with E-state index in [2.05, 4.69) is 46.3 Å². The van der Waals surface area contributed by atoms with E-state index in [9.17, 15) is 8.42 Å². The number of nitrogens with one attached hydrogen (secondary N) is 2. The fourth-order valence-electron chi connectivity index (χ4n) is 3.29. The molecule has 2 N–H and O–H groups in total. The maximum atomic E-state index is 12.6. The molecular weight excluding hydrogens is 522 g/mol. The molecule has 33 heavy (non-hydrogen) atoms. The van der Waals surface area contributed by atoms with Crippen LogP contribution in [-0.4, -0.2) is 23.4 Å². The second-order valence-electron chi connectivity index (χ2n) is 7.03. The number of benzene rings is 2. The van der Waals surface area contributed by atoms with E-state index in [1.54, 1.807) is 41.7 Å². The Morgan fingerprint density at radius 3 is 2.39 bits per heavy atom. The van der Waals surface area contributed by atoms with Crippen molar-refractivity contribution in [2.75, 3.05) is 10.0 Å². The van der Waals surface area contributed by atoms with Crippen molar-refractivity contribution in [3.05, 3.63) is 89.1 Å². The SMILES string of the molecule is O=S(=O)(Nc1ccccn1)c1ccc(Nc2ncnc3scc(-c4ccc(Br)cc4)c23)cc1. The van der Waals surface area contributed by atoms with Gasteiger partial charge in [-0.2, -0.15) is 0 Å². The van der Waals surface area contributed by atoms with Gasteiger partial charge in [0, 0.05) is 27.3 Å². The van der Waals surface area contributed by atoms with Crippen molar-refractivity contribution in [2.24, 2.45) is 0 Å². The second kappa shape index (κ2) is 8.89. The summed E-state index contributed by atoms with van der Waals surface area (Å²) >= 11 is 5.02. The molecule has 0 aliphatic rings. The predicted molar refractivity (Wildman–Crippen MR) is 135 cm³/mol. The van der Waals surface area contributed by atoms with Gasteiger partial charge in [-0.05, 0) is 54.1 Å². The van der Waals surface area contributed by atoms with Gasteiger partial charge in [-0.1, -0.05) is 34.1 Å². The molecule has 0 bridgehead atoms. The first-order valence-corrected chi connectivity index (χ1v) is 12.9. The average Bonchev–Trinajstić information content (AvgIpc) is 3.26. The summed E-state index contributed by atoms with van der Waals surface area (Å²) in [6.07, 6.45) is 3.04. The molecule has 5 rings (SSSR count). The molecule has 10 heteroatoms. The zero-order valence-corrected chi connectivity index (χ0v) is 20.2. The van der Waals surface area contributed by atoms with E-state index in [4.69, 9.17) is 0 Å². The van der Waals surface area contributed by atoms with Gasteiger partial charge in [-0.15, -0.1) is 11.3 Å². The highest BCUT2D eigenvalue weighted by Crippen LogP contribution is 2.37.